The number of anilines is 3. The van der Waals surface area contributed by atoms with Crippen LogP contribution in [0.3, 0.4) is 0 Å². The van der Waals surface area contributed by atoms with Gasteiger partial charge in [-0.2, -0.15) is 0 Å². The Kier molecular flexibility index (Phi) is 5.98. The number of rotatable bonds is 6. The second-order valence-corrected chi connectivity index (χ2v) is 16.2. The molecule has 2 heteroatoms. The SMILES string of the molecule is c1ccc(-n2c3ccccc3c3ccccc32)c(-c2ccc(N(c3ccc4ccccc4c3)c3ccccc3[C@]34CC5C[C@H]6CC(C3)[C@H]6C54)cc2)c1. The molecule has 12 rings (SSSR count). The van der Waals surface area contributed by atoms with E-state index in [1.807, 2.05) is 0 Å². The van der Waals surface area contributed by atoms with Gasteiger partial charge in [-0.1, -0.05) is 115 Å². The van der Waals surface area contributed by atoms with Gasteiger partial charge in [-0.15, -0.1) is 0 Å². The van der Waals surface area contributed by atoms with Gasteiger partial charge in [0.1, 0.15) is 0 Å². The van der Waals surface area contributed by atoms with Gasteiger partial charge < -0.3 is 9.47 Å². The van der Waals surface area contributed by atoms with Crippen LogP contribution in [0.2, 0.25) is 0 Å². The fourth-order valence-corrected chi connectivity index (χ4v) is 12.1. The van der Waals surface area contributed by atoms with Gasteiger partial charge in [-0.25, -0.2) is 0 Å². The molecular formula is C50H40N2. The van der Waals surface area contributed by atoms with Gasteiger partial charge in [0.2, 0.25) is 0 Å². The molecule has 52 heavy (non-hydrogen) atoms. The molecule has 0 aliphatic heterocycles. The van der Waals surface area contributed by atoms with E-state index in [-0.39, 0.29) is 0 Å². The molecule has 4 fully saturated rings. The first-order valence-corrected chi connectivity index (χ1v) is 19.3. The molecule has 8 aromatic rings. The lowest BCUT2D eigenvalue weighted by atomic mass is 9.53. The maximum absolute atomic E-state index is 2.57. The van der Waals surface area contributed by atoms with Crippen LogP contribution in [0, 0.1) is 29.6 Å². The fraction of sp³-hybridized carbons (Fsp3) is 0.200. The normalized spacial score (nSPS) is 25.3. The molecule has 7 aromatic carbocycles. The first-order chi connectivity index (χ1) is 25.7. The summed E-state index contributed by atoms with van der Waals surface area (Å²) in [6.45, 7) is 0. The van der Waals surface area contributed by atoms with Crippen molar-refractivity contribution in [3.8, 4) is 16.8 Å². The Morgan fingerprint density at radius 3 is 1.98 bits per heavy atom. The zero-order chi connectivity index (χ0) is 34.0. The van der Waals surface area contributed by atoms with Gasteiger partial charge in [0.05, 0.1) is 16.7 Å². The maximum atomic E-state index is 2.57. The Bertz CT molecular complexity index is 2650. The van der Waals surface area contributed by atoms with E-state index in [0.717, 1.165) is 29.6 Å². The van der Waals surface area contributed by atoms with Crippen LogP contribution in [0.4, 0.5) is 17.1 Å². The van der Waals surface area contributed by atoms with Crippen LogP contribution in [-0.4, -0.2) is 4.57 Å². The highest BCUT2D eigenvalue weighted by Gasteiger charge is 2.73. The quantitative estimate of drug-likeness (QED) is 0.171. The van der Waals surface area contributed by atoms with Crippen molar-refractivity contribution in [1.82, 2.24) is 4.57 Å². The molecule has 0 spiro atoms. The first-order valence-electron chi connectivity index (χ1n) is 19.3. The summed E-state index contributed by atoms with van der Waals surface area (Å²) in [5.41, 5.74) is 11.8. The van der Waals surface area contributed by atoms with Gasteiger partial charge in [-0.3, -0.25) is 0 Å². The van der Waals surface area contributed by atoms with Gasteiger partial charge in [-0.05, 0) is 126 Å². The molecule has 4 aliphatic carbocycles. The van der Waals surface area contributed by atoms with Crippen LogP contribution in [0.15, 0.2) is 164 Å². The molecule has 1 heterocycles. The molecule has 6 atom stereocenters. The summed E-state index contributed by atoms with van der Waals surface area (Å²) in [5, 5.41) is 5.13. The highest BCUT2D eigenvalue weighted by Crippen LogP contribution is 2.79. The summed E-state index contributed by atoms with van der Waals surface area (Å²) in [5.74, 6) is 4.76. The standard InChI is InChI=1S/C50H40N2/c1-2-12-34-29-39(26-21-32(34)11-1)51(47-20-10-6-16-43(47)50-30-36-27-35-28-37(31-50)49(50)48(35)36)38-24-22-33(23-25-38)40-13-3-7-17-44(40)52-45-18-8-4-14-41(45)42-15-5-9-19-46(42)52/h1-26,29,35-37,48-49H,27-28,30-31H2/t35-,36?,37?,48+,49?,50-/m1/s1. The predicted octanol–water partition coefficient (Wildman–Crippen LogP) is 13.0. The largest absolute Gasteiger partial charge is 0.310 e. The molecule has 250 valence electrons. The Balaban J connectivity index is 1.01. The number of para-hydroxylation sites is 4. The molecule has 0 bridgehead atoms. The summed E-state index contributed by atoms with van der Waals surface area (Å²) in [4.78, 5) is 2.57. The lowest BCUT2D eigenvalue weighted by molar-refractivity contribution is 0.0688. The Morgan fingerprint density at radius 2 is 1.15 bits per heavy atom. The molecular weight excluding hydrogens is 629 g/mol. The molecule has 0 amide bonds. The summed E-state index contributed by atoms with van der Waals surface area (Å²) in [6.07, 6.45) is 5.73. The van der Waals surface area contributed by atoms with Crippen LogP contribution in [0.5, 0.6) is 0 Å². The van der Waals surface area contributed by atoms with Gasteiger partial charge in [0.15, 0.2) is 0 Å². The van der Waals surface area contributed by atoms with Crippen molar-refractivity contribution < 1.29 is 0 Å². The molecule has 0 radical (unpaired) electrons. The van der Waals surface area contributed by atoms with Crippen LogP contribution in [0.1, 0.15) is 31.2 Å². The average Bonchev–Trinajstić information content (AvgIpc) is 3.71. The molecule has 4 saturated carbocycles. The smallest absolute Gasteiger partial charge is 0.0541 e. The molecule has 2 nitrogen and oxygen atoms in total. The third-order valence-corrected chi connectivity index (χ3v) is 13.9. The molecule has 0 saturated heterocycles. The van der Waals surface area contributed by atoms with Crippen LogP contribution in [-0.2, 0) is 5.41 Å². The number of benzene rings is 7. The number of nitrogens with zero attached hydrogens (tertiary/aromatic N) is 2. The van der Waals surface area contributed by atoms with E-state index >= 15 is 0 Å². The van der Waals surface area contributed by atoms with Crippen molar-refractivity contribution in [2.75, 3.05) is 4.90 Å². The number of fused-ring (bicyclic) bond motifs is 4. The zero-order valence-corrected chi connectivity index (χ0v) is 29.2. The predicted molar refractivity (Wildman–Crippen MR) is 216 cm³/mol. The zero-order valence-electron chi connectivity index (χ0n) is 29.2. The topological polar surface area (TPSA) is 8.17 Å². The third-order valence-electron chi connectivity index (χ3n) is 13.9. The van der Waals surface area contributed by atoms with Crippen LogP contribution in [0.25, 0.3) is 49.4 Å². The van der Waals surface area contributed by atoms with Crippen molar-refractivity contribution in [1.29, 1.82) is 0 Å². The second kappa shape index (κ2) is 10.7. The molecule has 0 N–H and O–H groups in total. The van der Waals surface area contributed by atoms with E-state index < -0.39 is 0 Å². The molecule has 1 aromatic heterocycles. The Labute approximate surface area is 305 Å². The van der Waals surface area contributed by atoms with E-state index in [9.17, 15) is 0 Å². The lowest BCUT2D eigenvalue weighted by Gasteiger charge is -2.52. The highest BCUT2D eigenvalue weighted by molar-refractivity contribution is 6.09. The number of hydrogen-bond donors (Lipinski definition) is 0. The summed E-state index contributed by atoms with van der Waals surface area (Å²) < 4.78 is 2.44. The van der Waals surface area contributed by atoms with Gasteiger partial charge in [0.25, 0.3) is 0 Å². The van der Waals surface area contributed by atoms with Gasteiger partial charge in [0, 0.05) is 38.8 Å². The Morgan fingerprint density at radius 1 is 0.519 bits per heavy atom. The van der Waals surface area contributed by atoms with E-state index in [0.29, 0.717) is 5.41 Å². The molecule has 3 unspecified atom stereocenters. The fourth-order valence-electron chi connectivity index (χ4n) is 12.1. The minimum atomic E-state index is 0.331. The second-order valence-electron chi connectivity index (χ2n) is 16.2. The van der Waals surface area contributed by atoms with Crippen LogP contribution < -0.4 is 4.90 Å². The van der Waals surface area contributed by atoms with Crippen molar-refractivity contribution in [2.24, 2.45) is 29.6 Å². The molecule has 4 aliphatic rings. The summed E-state index contributed by atoms with van der Waals surface area (Å²) in [6, 6.07) is 61.1. The van der Waals surface area contributed by atoms with E-state index in [2.05, 4.69) is 173 Å². The number of aromatic nitrogens is 1. The van der Waals surface area contributed by atoms with Crippen molar-refractivity contribution in [2.45, 2.75) is 31.1 Å². The van der Waals surface area contributed by atoms with Crippen LogP contribution >= 0.6 is 0 Å². The summed E-state index contributed by atoms with van der Waals surface area (Å²) >= 11 is 0. The highest BCUT2D eigenvalue weighted by atomic mass is 15.1. The van der Waals surface area contributed by atoms with E-state index in [4.69, 9.17) is 0 Å². The Hall–Kier alpha value is -5.60. The number of hydrogen-bond acceptors (Lipinski definition) is 1. The van der Waals surface area contributed by atoms with Gasteiger partial charge >= 0.3 is 0 Å². The summed E-state index contributed by atoms with van der Waals surface area (Å²) in [7, 11) is 0. The minimum Gasteiger partial charge on any atom is -0.310 e. The van der Waals surface area contributed by atoms with Crippen molar-refractivity contribution in [3.05, 3.63) is 169 Å². The maximum Gasteiger partial charge on any atom is 0.0541 e. The minimum absolute atomic E-state index is 0.331. The monoisotopic (exact) mass is 668 g/mol. The third kappa shape index (κ3) is 3.90. The lowest BCUT2D eigenvalue weighted by Crippen LogP contribution is -2.47. The first kappa shape index (κ1) is 29.0. The average molecular weight is 669 g/mol. The van der Waals surface area contributed by atoms with Crippen molar-refractivity contribution >= 4 is 49.6 Å². The van der Waals surface area contributed by atoms with E-state index in [1.165, 1.54) is 92.1 Å². The van der Waals surface area contributed by atoms with Crippen molar-refractivity contribution in [3.63, 3.8) is 0 Å². The van der Waals surface area contributed by atoms with E-state index in [1.54, 1.807) is 5.56 Å².